The number of hydrogen-bond donors (Lipinski definition) is 0. The first-order valence-corrected chi connectivity index (χ1v) is 11.2. The Morgan fingerprint density at radius 2 is 1.91 bits per heavy atom. The average molecular weight is 467 g/mol. The maximum Gasteiger partial charge on any atom is 0.196 e. The lowest BCUT2D eigenvalue weighted by Gasteiger charge is -2.21. The van der Waals surface area contributed by atoms with E-state index in [1.54, 1.807) is 31.3 Å². The van der Waals surface area contributed by atoms with Gasteiger partial charge in [0.2, 0.25) is 0 Å². The topological polar surface area (TPSA) is 71.3 Å². The van der Waals surface area contributed by atoms with Crippen LogP contribution in [-0.2, 0) is 17.1 Å². The molecule has 0 spiro atoms. The minimum Gasteiger partial charge on any atom is -0.497 e. The Labute approximate surface area is 194 Å². The molecule has 3 heterocycles. The second kappa shape index (κ2) is 9.20. The number of benzene rings is 2. The molecule has 2 aromatic heterocycles. The normalized spacial score (nSPS) is 12.8. The van der Waals surface area contributed by atoms with Gasteiger partial charge in [-0.15, -0.1) is 10.2 Å². The summed E-state index contributed by atoms with van der Waals surface area (Å²) in [5, 5.41) is 10.4. The van der Waals surface area contributed by atoms with Crippen molar-refractivity contribution < 1.29 is 14.2 Å². The molecule has 2 aromatic carbocycles. The van der Waals surface area contributed by atoms with Crippen LogP contribution < -0.4 is 9.47 Å². The van der Waals surface area contributed by atoms with Crippen LogP contribution in [0.4, 0.5) is 0 Å². The van der Waals surface area contributed by atoms with E-state index in [0.29, 0.717) is 17.4 Å². The summed E-state index contributed by atoms with van der Waals surface area (Å²) in [6, 6.07) is 15.4. The smallest absolute Gasteiger partial charge is 0.196 e. The van der Waals surface area contributed by atoms with Gasteiger partial charge in [0.25, 0.3) is 0 Å². The van der Waals surface area contributed by atoms with Crippen LogP contribution in [0.5, 0.6) is 11.5 Å². The molecule has 32 heavy (non-hydrogen) atoms. The predicted molar refractivity (Wildman–Crippen MR) is 122 cm³/mol. The van der Waals surface area contributed by atoms with Gasteiger partial charge >= 0.3 is 0 Å². The van der Waals surface area contributed by atoms with Crippen molar-refractivity contribution in [2.75, 3.05) is 13.9 Å². The summed E-state index contributed by atoms with van der Waals surface area (Å²) in [5.74, 6) is 2.97. The highest BCUT2D eigenvalue weighted by molar-refractivity contribution is 7.98. The van der Waals surface area contributed by atoms with Crippen LogP contribution in [0.3, 0.4) is 0 Å². The molecule has 0 radical (unpaired) electrons. The van der Waals surface area contributed by atoms with Crippen LogP contribution in [0.25, 0.3) is 17.1 Å². The second-order valence-corrected chi connectivity index (χ2v) is 8.41. The lowest BCUT2D eigenvalue weighted by atomic mass is 10.1. The molecule has 0 N–H and O–H groups in total. The first kappa shape index (κ1) is 20.8. The molecule has 1 aliphatic rings. The van der Waals surface area contributed by atoms with Crippen LogP contribution in [0.15, 0.2) is 66.1 Å². The van der Waals surface area contributed by atoms with Crippen molar-refractivity contribution in [2.24, 2.45) is 0 Å². The lowest BCUT2D eigenvalue weighted by Crippen LogP contribution is -2.13. The molecule has 9 heteroatoms. The number of halogens is 1. The van der Waals surface area contributed by atoms with Crippen LogP contribution in [0.1, 0.15) is 11.1 Å². The summed E-state index contributed by atoms with van der Waals surface area (Å²) >= 11 is 7.90. The number of rotatable bonds is 6. The highest BCUT2D eigenvalue weighted by atomic mass is 35.5. The molecule has 1 aliphatic heterocycles. The second-order valence-electron chi connectivity index (χ2n) is 7.03. The Morgan fingerprint density at radius 3 is 2.69 bits per heavy atom. The van der Waals surface area contributed by atoms with Gasteiger partial charge in [-0.2, -0.15) is 0 Å². The van der Waals surface area contributed by atoms with Gasteiger partial charge < -0.3 is 14.2 Å². The van der Waals surface area contributed by atoms with Crippen molar-refractivity contribution in [1.29, 1.82) is 0 Å². The maximum absolute atomic E-state index is 6.33. The monoisotopic (exact) mass is 466 g/mol. The molecule has 5 rings (SSSR count). The summed E-state index contributed by atoms with van der Waals surface area (Å²) in [5.41, 5.74) is 3.81. The lowest BCUT2D eigenvalue weighted by molar-refractivity contribution is -0.0168. The number of fused-ring (bicyclic) bond motifs is 1. The third-order valence-electron chi connectivity index (χ3n) is 5.01. The van der Waals surface area contributed by atoms with E-state index >= 15 is 0 Å². The summed E-state index contributed by atoms with van der Waals surface area (Å²) in [6.45, 7) is 0.725. The first-order valence-electron chi connectivity index (χ1n) is 9.88. The van der Waals surface area contributed by atoms with E-state index in [1.165, 1.54) is 0 Å². The predicted octanol–water partition coefficient (Wildman–Crippen LogP) is 5.15. The van der Waals surface area contributed by atoms with Crippen molar-refractivity contribution in [3.05, 3.63) is 77.1 Å². The fourth-order valence-electron chi connectivity index (χ4n) is 3.52. The maximum atomic E-state index is 6.33. The Hall–Kier alpha value is -3.07. The van der Waals surface area contributed by atoms with Gasteiger partial charge in [0.1, 0.15) is 11.5 Å². The number of aromatic nitrogens is 4. The Bertz CT molecular complexity index is 1230. The molecule has 0 fully saturated rings. The summed E-state index contributed by atoms with van der Waals surface area (Å²) in [7, 11) is 1.65. The number of methoxy groups -OCH3 is 1. The van der Waals surface area contributed by atoms with Gasteiger partial charge in [0.15, 0.2) is 17.8 Å². The molecule has 0 amide bonds. The van der Waals surface area contributed by atoms with Gasteiger partial charge in [-0.1, -0.05) is 23.4 Å². The van der Waals surface area contributed by atoms with E-state index in [-0.39, 0.29) is 6.79 Å². The zero-order valence-corrected chi connectivity index (χ0v) is 18.8. The standard InChI is InChI=1S/C23H19ClN4O3S/c1-29-20-4-2-19(3-5-20)28-22(15-6-8-25-9-7-15)26-27-23(28)32-13-17-11-18(24)10-16-12-30-14-31-21(16)17/h2-11H,12-14H2,1H3. The van der Waals surface area contributed by atoms with Gasteiger partial charge in [0, 0.05) is 45.5 Å². The third kappa shape index (κ3) is 4.17. The van der Waals surface area contributed by atoms with Crippen molar-refractivity contribution in [1.82, 2.24) is 19.7 Å². The highest BCUT2D eigenvalue weighted by Gasteiger charge is 2.20. The molecule has 0 bridgehead atoms. The molecule has 0 aliphatic carbocycles. The van der Waals surface area contributed by atoms with Crippen molar-refractivity contribution in [3.8, 4) is 28.6 Å². The zero-order chi connectivity index (χ0) is 21.9. The summed E-state index contributed by atoms with van der Waals surface area (Å²) in [4.78, 5) is 4.11. The van der Waals surface area contributed by atoms with E-state index in [4.69, 9.17) is 25.8 Å². The Kier molecular flexibility index (Phi) is 5.98. The number of hydrogen-bond acceptors (Lipinski definition) is 7. The van der Waals surface area contributed by atoms with Crippen LogP contribution >= 0.6 is 23.4 Å². The number of pyridine rings is 1. The van der Waals surface area contributed by atoms with Gasteiger partial charge in [-0.3, -0.25) is 9.55 Å². The average Bonchev–Trinajstić information content (AvgIpc) is 3.27. The van der Waals surface area contributed by atoms with Gasteiger partial charge in [0.05, 0.1) is 13.7 Å². The Morgan fingerprint density at radius 1 is 1.09 bits per heavy atom. The van der Waals surface area contributed by atoms with Crippen LogP contribution in [0.2, 0.25) is 5.02 Å². The Balaban J connectivity index is 1.52. The largest absolute Gasteiger partial charge is 0.497 e. The number of ether oxygens (including phenoxy) is 3. The first-order chi connectivity index (χ1) is 15.7. The van der Waals surface area contributed by atoms with Crippen LogP contribution in [-0.4, -0.2) is 33.7 Å². The molecule has 0 saturated carbocycles. The molecule has 4 aromatic rings. The van der Waals surface area contributed by atoms with Gasteiger partial charge in [-0.05, 0) is 48.5 Å². The fourth-order valence-corrected chi connectivity index (χ4v) is 4.70. The molecule has 162 valence electrons. The molecular weight excluding hydrogens is 448 g/mol. The minimum absolute atomic E-state index is 0.237. The zero-order valence-electron chi connectivity index (χ0n) is 17.2. The SMILES string of the molecule is COc1ccc(-n2c(SCc3cc(Cl)cc4c3OCOC4)nnc2-c2ccncc2)cc1. The summed E-state index contributed by atoms with van der Waals surface area (Å²) < 4.78 is 18.5. The van der Waals surface area contributed by atoms with E-state index in [9.17, 15) is 0 Å². The van der Waals surface area contributed by atoms with Crippen molar-refractivity contribution >= 4 is 23.4 Å². The molecular formula is C23H19ClN4O3S. The van der Waals surface area contributed by atoms with Crippen molar-refractivity contribution in [2.45, 2.75) is 17.5 Å². The molecule has 7 nitrogen and oxygen atoms in total. The molecule has 0 saturated heterocycles. The summed E-state index contributed by atoms with van der Waals surface area (Å²) in [6.07, 6.45) is 3.49. The van der Waals surface area contributed by atoms with Crippen molar-refractivity contribution in [3.63, 3.8) is 0 Å². The molecule has 0 unspecified atom stereocenters. The fraction of sp³-hybridized carbons (Fsp3) is 0.174. The highest BCUT2D eigenvalue weighted by Crippen LogP contribution is 2.36. The quantitative estimate of drug-likeness (QED) is 0.364. The minimum atomic E-state index is 0.237. The third-order valence-corrected chi connectivity index (χ3v) is 6.21. The van der Waals surface area contributed by atoms with Crippen LogP contribution in [0, 0.1) is 0 Å². The van der Waals surface area contributed by atoms with E-state index in [2.05, 4.69) is 15.2 Å². The van der Waals surface area contributed by atoms with E-state index in [1.807, 2.05) is 53.1 Å². The molecule has 0 atom stereocenters. The van der Waals surface area contributed by atoms with E-state index < -0.39 is 0 Å². The van der Waals surface area contributed by atoms with E-state index in [0.717, 1.165) is 44.9 Å². The number of thioether (sulfide) groups is 1. The number of nitrogens with zero attached hydrogens (tertiary/aromatic N) is 4. The van der Waals surface area contributed by atoms with Gasteiger partial charge in [-0.25, -0.2) is 0 Å².